The van der Waals surface area contributed by atoms with Gasteiger partial charge < -0.3 is 9.47 Å². The van der Waals surface area contributed by atoms with Crippen molar-refractivity contribution in [3.63, 3.8) is 0 Å². The van der Waals surface area contributed by atoms with Crippen LogP contribution in [0.4, 0.5) is 0 Å². The maximum absolute atomic E-state index is 6.39. The topological polar surface area (TPSA) is 18.5 Å². The van der Waals surface area contributed by atoms with Gasteiger partial charge in [-0.3, -0.25) is 0 Å². The van der Waals surface area contributed by atoms with E-state index in [0.717, 1.165) is 24.8 Å². The van der Waals surface area contributed by atoms with E-state index in [0.29, 0.717) is 12.5 Å². The Kier molecular flexibility index (Phi) is 3.59. The molecule has 2 heterocycles. The van der Waals surface area contributed by atoms with Crippen LogP contribution in [0.25, 0.3) is 0 Å². The molecule has 0 amide bonds. The van der Waals surface area contributed by atoms with Crippen LogP contribution in [0.2, 0.25) is 0 Å². The number of hydrogen-bond donors (Lipinski definition) is 0. The average molecular weight is 284 g/mol. The molecular weight excluding hydrogens is 260 g/mol. The Hall–Kier alpha value is -1.30. The number of benzene rings is 1. The molecule has 21 heavy (non-hydrogen) atoms. The van der Waals surface area contributed by atoms with E-state index in [4.69, 9.17) is 15.9 Å². The molecule has 0 saturated carbocycles. The minimum atomic E-state index is -0.108. The van der Waals surface area contributed by atoms with Crippen molar-refractivity contribution in [1.82, 2.24) is 0 Å². The SMILES string of the molecule is C#Cc1ccc(CO[C@H]2C[C@]3(C(C)C)CC[C@@]2(C)O3)cc1. The van der Waals surface area contributed by atoms with Gasteiger partial charge in [-0.05, 0) is 43.4 Å². The molecule has 2 aliphatic heterocycles. The second-order valence-electron chi connectivity index (χ2n) is 6.98. The molecule has 0 unspecified atom stereocenters. The predicted molar refractivity (Wildman–Crippen MR) is 83.9 cm³/mol. The third-order valence-corrected chi connectivity index (χ3v) is 5.32. The first-order valence-electron chi connectivity index (χ1n) is 7.85. The van der Waals surface area contributed by atoms with Crippen molar-refractivity contribution in [3.8, 4) is 12.3 Å². The molecule has 2 fully saturated rings. The van der Waals surface area contributed by atoms with Crippen LogP contribution in [-0.2, 0) is 16.1 Å². The van der Waals surface area contributed by atoms with Crippen molar-refractivity contribution in [1.29, 1.82) is 0 Å². The Labute approximate surface area is 127 Å². The molecule has 2 nitrogen and oxygen atoms in total. The maximum Gasteiger partial charge on any atom is 0.0924 e. The number of terminal acetylenes is 1. The molecule has 112 valence electrons. The van der Waals surface area contributed by atoms with Gasteiger partial charge in [0, 0.05) is 12.0 Å². The standard InChI is InChI=1S/C19H24O2/c1-5-15-6-8-16(9-7-15)13-20-17-12-19(14(2)3)11-10-18(17,4)21-19/h1,6-9,14,17H,10-13H2,2-4H3/t17-,18+,19-/m0/s1. The van der Waals surface area contributed by atoms with E-state index in [1.807, 2.05) is 24.3 Å². The second kappa shape index (κ2) is 5.16. The van der Waals surface area contributed by atoms with Crippen LogP contribution in [0.1, 0.15) is 51.2 Å². The smallest absolute Gasteiger partial charge is 0.0924 e. The summed E-state index contributed by atoms with van der Waals surface area (Å²) in [5.74, 6) is 3.18. The van der Waals surface area contributed by atoms with E-state index in [-0.39, 0.29) is 17.3 Å². The van der Waals surface area contributed by atoms with Gasteiger partial charge in [-0.15, -0.1) is 6.42 Å². The minimum absolute atomic E-state index is 0.0345. The minimum Gasteiger partial charge on any atom is -0.370 e. The molecule has 0 aliphatic carbocycles. The Bertz CT molecular complexity index is 554. The molecule has 1 aromatic rings. The molecule has 2 bridgehead atoms. The van der Waals surface area contributed by atoms with Gasteiger partial charge in [0.15, 0.2) is 0 Å². The van der Waals surface area contributed by atoms with Crippen molar-refractivity contribution >= 4 is 0 Å². The molecular formula is C19H24O2. The molecule has 2 saturated heterocycles. The molecule has 0 spiro atoms. The zero-order valence-electron chi connectivity index (χ0n) is 13.2. The molecule has 0 N–H and O–H groups in total. The molecule has 3 rings (SSSR count). The first-order chi connectivity index (χ1) is 9.97. The average Bonchev–Trinajstić information content (AvgIpc) is 2.98. The van der Waals surface area contributed by atoms with Crippen molar-refractivity contribution in [3.05, 3.63) is 35.4 Å². The van der Waals surface area contributed by atoms with E-state index in [1.165, 1.54) is 5.56 Å². The van der Waals surface area contributed by atoms with Crippen molar-refractivity contribution in [2.75, 3.05) is 0 Å². The first-order valence-corrected chi connectivity index (χ1v) is 7.85. The van der Waals surface area contributed by atoms with Gasteiger partial charge in [0.1, 0.15) is 0 Å². The van der Waals surface area contributed by atoms with Crippen molar-refractivity contribution in [2.45, 2.75) is 63.9 Å². The van der Waals surface area contributed by atoms with E-state index >= 15 is 0 Å². The number of rotatable bonds is 4. The lowest BCUT2D eigenvalue weighted by molar-refractivity contribution is -0.0959. The van der Waals surface area contributed by atoms with Crippen LogP contribution in [0.5, 0.6) is 0 Å². The van der Waals surface area contributed by atoms with Gasteiger partial charge >= 0.3 is 0 Å². The van der Waals surface area contributed by atoms with Gasteiger partial charge in [0.05, 0.1) is 23.9 Å². The lowest BCUT2D eigenvalue weighted by Crippen LogP contribution is -2.38. The van der Waals surface area contributed by atoms with Crippen LogP contribution in [0.3, 0.4) is 0 Å². The summed E-state index contributed by atoms with van der Waals surface area (Å²) in [5, 5.41) is 0. The molecule has 2 aliphatic rings. The van der Waals surface area contributed by atoms with E-state index in [1.54, 1.807) is 0 Å². The zero-order valence-corrected chi connectivity index (χ0v) is 13.2. The Morgan fingerprint density at radius 1 is 1.33 bits per heavy atom. The number of ether oxygens (including phenoxy) is 2. The highest BCUT2D eigenvalue weighted by Crippen LogP contribution is 2.55. The predicted octanol–water partition coefficient (Wildman–Crippen LogP) is 3.92. The summed E-state index contributed by atoms with van der Waals surface area (Å²) in [6, 6.07) is 8.02. The lowest BCUT2D eigenvalue weighted by Gasteiger charge is -2.31. The summed E-state index contributed by atoms with van der Waals surface area (Å²) < 4.78 is 12.6. The van der Waals surface area contributed by atoms with Gasteiger partial charge in [-0.1, -0.05) is 31.9 Å². The molecule has 2 heteroatoms. The van der Waals surface area contributed by atoms with Crippen molar-refractivity contribution < 1.29 is 9.47 Å². The normalized spacial score (nSPS) is 34.3. The monoisotopic (exact) mass is 284 g/mol. The van der Waals surface area contributed by atoms with Gasteiger partial charge in [-0.25, -0.2) is 0 Å². The largest absolute Gasteiger partial charge is 0.370 e. The van der Waals surface area contributed by atoms with Crippen LogP contribution >= 0.6 is 0 Å². The summed E-state index contributed by atoms with van der Waals surface area (Å²) in [5.41, 5.74) is 2.00. The van der Waals surface area contributed by atoms with Crippen LogP contribution < -0.4 is 0 Å². The summed E-state index contributed by atoms with van der Waals surface area (Å²) in [6.45, 7) is 7.35. The highest BCUT2D eigenvalue weighted by molar-refractivity contribution is 5.34. The van der Waals surface area contributed by atoms with Gasteiger partial charge in [0.2, 0.25) is 0 Å². The fraction of sp³-hybridized carbons (Fsp3) is 0.579. The third kappa shape index (κ3) is 2.50. The van der Waals surface area contributed by atoms with E-state index in [9.17, 15) is 0 Å². The molecule has 3 atom stereocenters. The lowest BCUT2D eigenvalue weighted by atomic mass is 9.75. The summed E-state index contributed by atoms with van der Waals surface area (Å²) in [4.78, 5) is 0. The van der Waals surface area contributed by atoms with Crippen molar-refractivity contribution in [2.24, 2.45) is 5.92 Å². The van der Waals surface area contributed by atoms with Crippen LogP contribution in [0, 0.1) is 18.3 Å². The summed E-state index contributed by atoms with van der Waals surface area (Å²) >= 11 is 0. The molecule has 0 radical (unpaired) electrons. The van der Waals surface area contributed by atoms with Crippen LogP contribution in [0.15, 0.2) is 24.3 Å². The zero-order chi connectivity index (χ0) is 15.1. The summed E-state index contributed by atoms with van der Waals surface area (Å²) in [7, 11) is 0. The van der Waals surface area contributed by atoms with Crippen LogP contribution in [-0.4, -0.2) is 17.3 Å². The number of hydrogen-bond acceptors (Lipinski definition) is 2. The maximum atomic E-state index is 6.39. The van der Waals surface area contributed by atoms with E-state index < -0.39 is 0 Å². The highest BCUT2D eigenvalue weighted by Gasteiger charge is 2.60. The molecule has 0 aromatic heterocycles. The Morgan fingerprint density at radius 3 is 2.62 bits per heavy atom. The quantitative estimate of drug-likeness (QED) is 0.780. The van der Waals surface area contributed by atoms with Gasteiger partial charge in [-0.2, -0.15) is 0 Å². The number of fused-ring (bicyclic) bond motifs is 2. The Morgan fingerprint density at radius 2 is 2.05 bits per heavy atom. The first kappa shape index (κ1) is 14.6. The summed E-state index contributed by atoms with van der Waals surface area (Å²) in [6.07, 6.45) is 8.86. The van der Waals surface area contributed by atoms with E-state index in [2.05, 4.69) is 26.7 Å². The fourth-order valence-electron chi connectivity index (χ4n) is 3.70. The highest BCUT2D eigenvalue weighted by atomic mass is 16.6. The fourth-order valence-corrected chi connectivity index (χ4v) is 3.70. The molecule has 1 aromatic carbocycles. The third-order valence-electron chi connectivity index (χ3n) is 5.32. The Balaban J connectivity index is 1.65. The second-order valence-corrected chi connectivity index (χ2v) is 6.98. The van der Waals surface area contributed by atoms with Gasteiger partial charge in [0.25, 0.3) is 0 Å².